The predicted molar refractivity (Wildman–Crippen MR) is 162 cm³/mol. The molecule has 4 aromatic rings. The van der Waals surface area contributed by atoms with Gasteiger partial charge in [0.2, 0.25) is 5.95 Å². The number of aromatic nitrogens is 5. The van der Waals surface area contributed by atoms with Crippen molar-refractivity contribution in [1.82, 2.24) is 29.2 Å². The molecule has 41 heavy (non-hydrogen) atoms. The summed E-state index contributed by atoms with van der Waals surface area (Å²) in [6.45, 7) is 8.15. The molecule has 5 heterocycles. The van der Waals surface area contributed by atoms with Gasteiger partial charge in [-0.15, -0.1) is 18.3 Å². The van der Waals surface area contributed by atoms with Gasteiger partial charge in [0.15, 0.2) is 11.5 Å². The molecule has 7 rings (SSSR count). The summed E-state index contributed by atoms with van der Waals surface area (Å²) in [5.74, 6) is 2.67. The van der Waals surface area contributed by atoms with E-state index in [1.807, 2.05) is 30.8 Å². The van der Waals surface area contributed by atoms with E-state index in [0.717, 1.165) is 36.5 Å². The molecule has 2 N–H and O–H groups in total. The number of likely N-dealkylation sites (N-methyl/N-ethyl adjacent to an activating group) is 1. The molecule has 10 heteroatoms. The van der Waals surface area contributed by atoms with Crippen LogP contribution >= 0.6 is 11.8 Å². The van der Waals surface area contributed by atoms with Gasteiger partial charge in [0.25, 0.3) is 5.56 Å². The Balaban J connectivity index is 1.33. The third kappa shape index (κ3) is 4.40. The number of hydrogen-bond donors (Lipinski definition) is 2. The highest BCUT2D eigenvalue weighted by molar-refractivity contribution is 7.99. The lowest BCUT2D eigenvalue weighted by Gasteiger charge is -2.33. The zero-order chi connectivity index (χ0) is 28.3. The van der Waals surface area contributed by atoms with E-state index in [0.29, 0.717) is 47.3 Å². The van der Waals surface area contributed by atoms with Crippen molar-refractivity contribution in [3.63, 3.8) is 0 Å². The average molecular weight is 570 g/mol. The van der Waals surface area contributed by atoms with Gasteiger partial charge in [-0.25, -0.2) is 19.3 Å². The molecule has 3 aliphatic rings. The van der Waals surface area contributed by atoms with Gasteiger partial charge < -0.3 is 15.3 Å². The van der Waals surface area contributed by atoms with Crippen molar-refractivity contribution in [2.45, 2.75) is 68.5 Å². The first-order valence-corrected chi connectivity index (χ1v) is 15.4. The van der Waals surface area contributed by atoms with Gasteiger partial charge >= 0.3 is 0 Å². The van der Waals surface area contributed by atoms with Crippen molar-refractivity contribution in [2.75, 3.05) is 24.7 Å². The fourth-order valence-corrected chi connectivity index (χ4v) is 7.98. The fraction of sp³-hybridized carbons (Fsp3) is 0.419. The molecule has 0 fully saturated rings. The molecular formula is C31H35N7O2S. The molecule has 9 nitrogen and oxygen atoms in total. The summed E-state index contributed by atoms with van der Waals surface area (Å²) in [5.41, 5.74) is 4.84. The highest BCUT2D eigenvalue weighted by Crippen LogP contribution is 2.43. The van der Waals surface area contributed by atoms with Crippen molar-refractivity contribution in [3.05, 3.63) is 75.9 Å². The van der Waals surface area contributed by atoms with Crippen LogP contribution in [0.5, 0.6) is 0 Å². The number of aliphatic hydroxyl groups is 1. The maximum atomic E-state index is 13.5. The summed E-state index contributed by atoms with van der Waals surface area (Å²) in [6.07, 6.45) is 7.74. The van der Waals surface area contributed by atoms with Crippen LogP contribution in [-0.4, -0.2) is 53.7 Å². The maximum absolute atomic E-state index is 13.5. The second kappa shape index (κ2) is 10.1. The molecule has 1 aliphatic carbocycles. The lowest BCUT2D eigenvalue weighted by atomic mass is 9.86. The van der Waals surface area contributed by atoms with Crippen molar-refractivity contribution in [1.29, 1.82) is 0 Å². The number of anilines is 2. The molecule has 3 aromatic heterocycles. The molecule has 2 unspecified atom stereocenters. The predicted octanol–water partition coefficient (Wildman–Crippen LogP) is 4.87. The number of benzene rings is 1. The van der Waals surface area contributed by atoms with E-state index >= 15 is 0 Å². The molecule has 0 saturated carbocycles. The van der Waals surface area contributed by atoms with E-state index in [2.05, 4.69) is 41.0 Å². The second-order valence-electron chi connectivity index (χ2n) is 11.5. The van der Waals surface area contributed by atoms with Gasteiger partial charge in [-0.2, -0.15) is 4.98 Å². The number of nitrogens with zero attached hydrogens (tertiary/aromatic N) is 6. The van der Waals surface area contributed by atoms with Crippen LogP contribution < -0.4 is 10.9 Å². The number of allylic oxidation sites excluding steroid dienone is 1. The Kier molecular flexibility index (Phi) is 6.52. The molecule has 0 radical (unpaired) electrons. The van der Waals surface area contributed by atoms with Crippen molar-refractivity contribution in [2.24, 2.45) is 0 Å². The van der Waals surface area contributed by atoms with Crippen LogP contribution in [0.4, 0.5) is 11.6 Å². The van der Waals surface area contributed by atoms with Gasteiger partial charge in [-0.3, -0.25) is 4.79 Å². The first kappa shape index (κ1) is 26.4. The smallest absolute Gasteiger partial charge is 0.278 e. The topological polar surface area (TPSA) is 101 Å². The van der Waals surface area contributed by atoms with Crippen LogP contribution in [-0.2, 0) is 25.1 Å². The summed E-state index contributed by atoms with van der Waals surface area (Å²) in [4.78, 5) is 31.5. The Morgan fingerprint density at radius 2 is 2.15 bits per heavy atom. The third-order valence-corrected chi connectivity index (χ3v) is 9.95. The van der Waals surface area contributed by atoms with E-state index in [-0.39, 0.29) is 12.1 Å². The zero-order valence-electron chi connectivity index (χ0n) is 23.6. The monoisotopic (exact) mass is 569 g/mol. The summed E-state index contributed by atoms with van der Waals surface area (Å²) in [7, 11) is 2.19. The summed E-state index contributed by atoms with van der Waals surface area (Å²) < 4.78 is 3.31. The van der Waals surface area contributed by atoms with E-state index in [1.54, 1.807) is 21.6 Å². The normalized spacial score (nSPS) is 21.9. The van der Waals surface area contributed by atoms with Gasteiger partial charge in [0.05, 0.1) is 12.2 Å². The van der Waals surface area contributed by atoms with Gasteiger partial charge in [-0.05, 0) is 85.7 Å². The Morgan fingerprint density at radius 3 is 2.98 bits per heavy atom. The Morgan fingerprint density at radius 1 is 1.27 bits per heavy atom. The van der Waals surface area contributed by atoms with E-state index in [1.165, 1.54) is 28.9 Å². The molecule has 2 atom stereocenters. The van der Waals surface area contributed by atoms with Crippen LogP contribution in [0.1, 0.15) is 60.9 Å². The largest absolute Gasteiger partial charge is 0.384 e. The Bertz CT molecular complexity index is 1740. The minimum absolute atomic E-state index is 0.209. The molecule has 2 aliphatic heterocycles. The van der Waals surface area contributed by atoms with Crippen molar-refractivity contribution in [3.8, 4) is 5.82 Å². The first-order chi connectivity index (χ1) is 19.9. The summed E-state index contributed by atoms with van der Waals surface area (Å²) >= 11 is 1.94. The van der Waals surface area contributed by atoms with Crippen LogP contribution in [0.25, 0.3) is 16.9 Å². The molecule has 0 amide bonds. The molecule has 1 aromatic carbocycles. The number of nitrogens with one attached hydrogen (secondary N) is 1. The Hall–Kier alpha value is -3.47. The third-order valence-electron chi connectivity index (χ3n) is 8.81. The van der Waals surface area contributed by atoms with Crippen LogP contribution in [0, 0.1) is 0 Å². The molecule has 0 bridgehead atoms. The standard InChI is InChI=1S/C31H35N7O2S/c1-4-12-37-29(39)23-16-32-30(33-22-14-21-18-36(3)17-20-7-6-13-41-24(15-22)26(20)21)35-28(23)38(37)25-9-8-19-10-11-31(40,5-2)27(19)34-25/h4,8-9,14-16,20,40H,1,5-7,10-13,17-18H2,2-3H3,(H,32,33,35). The van der Waals surface area contributed by atoms with E-state index in [9.17, 15) is 9.90 Å². The molecule has 0 saturated heterocycles. The zero-order valence-corrected chi connectivity index (χ0v) is 24.4. The number of aryl methyl sites for hydroxylation is 1. The molecule has 0 spiro atoms. The minimum atomic E-state index is -0.962. The lowest BCUT2D eigenvalue weighted by molar-refractivity contribution is 0.0306. The fourth-order valence-electron chi connectivity index (χ4n) is 6.78. The first-order valence-electron chi connectivity index (χ1n) is 14.5. The van der Waals surface area contributed by atoms with Crippen molar-refractivity contribution >= 4 is 34.4 Å². The van der Waals surface area contributed by atoms with E-state index in [4.69, 9.17) is 9.97 Å². The number of rotatable bonds is 6. The highest BCUT2D eigenvalue weighted by Gasteiger charge is 2.37. The van der Waals surface area contributed by atoms with E-state index < -0.39 is 5.60 Å². The van der Waals surface area contributed by atoms with Gasteiger partial charge in [0, 0.05) is 29.9 Å². The minimum Gasteiger partial charge on any atom is -0.384 e. The van der Waals surface area contributed by atoms with Crippen LogP contribution in [0.2, 0.25) is 0 Å². The van der Waals surface area contributed by atoms with Crippen molar-refractivity contribution < 1.29 is 5.11 Å². The summed E-state index contributed by atoms with van der Waals surface area (Å²) in [6, 6.07) is 8.35. The van der Waals surface area contributed by atoms with Crippen LogP contribution in [0.3, 0.4) is 0 Å². The molecule has 212 valence electrons. The highest BCUT2D eigenvalue weighted by atomic mass is 32.2. The van der Waals surface area contributed by atoms with Crippen LogP contribution in [0.15, 0.2) is 52.8 Å². The number of hydrogen-bond acceptors (Lipinski definition) is 8. The Labute approximate surface area is 243 Å². The molecular weight excluding hydrogens is 534 g/mol. The van der Waals surface area contributed by atoms with Gasteiger partial charge in [-0.1, -0.05) is 19.1 Å². The quantitative estimate of drug-likeness (QED) is 0.318. The SMILES string of the molecule is C=CCn1c(=O)c2cnc(Nc3cc4c5c(c3)SCCCC5CN(C)C4)nc2n1-c1ccc2c(n1)C(O)(CC)CC2. The maximum Gasteiger partial charge on any atom is 0.278 e. The second-order valence-corrected chi connectivity index (χ2v) is 12.7. The average Bonchev–Trinajstić information content (AvgIpc) is 3.34. The number of fused-ring (bicyclic) bond motifs is 2. The number of thioether (sulfide) groups is 1. The lowest BCUT2D eigenvalue weighted by Crippen LogP contribution is -2.30. The number of pyridine rings is 1. The summed E-state index contributed by atoms with van der Waals surface area (Å²) in [5, 5.41) is 15.1. The van der Waals surface area contributed by atoms with Gasteiger partial charge in [0.1, 0.15) is 11.0 Å².